The Bertz CT molecular complexity index is 1220. The minimum absolute atomic E-state index is 0.0538. The van der Waals surface area contributed by atoms with Crippen molar-refractivity contribution in [3.8, 4) is 17.3 Å². The van der Waals surface area contributed by atoms with Crippen LogP contribution in [-0.2, 0) is 4.74 Å². The molecule has 0 saturated heterocycles. The summed E-state index contributed by atoms with van der Waals surface area (Å²) in [7, 11) is 1.28. The van der Waals surface area contributed by atoms with Crippen molar-refractivity contribution < 1.29 is 36.2 Å². The maximum absolute atomic E-state index is 14.1. The van der Waals surface area contributed by atoms with Crippen LogP contribution in [0.4, 0.5) is 22.0 Å². The normalized spacial score (nSPS) is 12.3. The van der Waals surface area contributed by atoms with Crippen molar-refractivity contribution in [3.05, 3.63) is 75.8 Å². The molecule has 0 aliphatic rings. The van der Waals surface area contributed by atoms with E-state index in [1.165, 1.54) is 19.4 Å². The predicted molar refractivity (Wildman–Crippen MR) is 103 cm³/mol. The van der Waals surface area contributed by atoms with Gasteiger partial charge >= 0.3 is 6.36 Å². The molecular weight excluding hydrogens is 455 g/mol. The third kappa shape index (κ3) is 6.10. The van der Waals surface area contributed by atoms with E-state index >= 15 is 0 Å². The molecule has 8 nitrogen and oxygen atoms in total. The van der Waals surface area contributed by atoms with Crippen LogP contribution in [0.25, 0.3) is 11.5 Å². The second-order valence-corrected chi connectivity index (χ2v) is 6.53. The van der Waals surface area contributed by atoms with Crippen molar-refractivity contribution >= 4 is 5.91 Å². The van der Waals surface area contributed by atoms with Gasteiger partial charge in [0.2, 0.25) is 0 Å². The highest BCUT2D eigenvalue weighted by atomic mass is 19.4. The van der Waals surface area contributed by atoms with Gasteiger partial charge in [-0.1, -0.05) is 6.07 Å². The zero-order valence-electron chi connectivity index (χ0n) is 16.7. The standard InChI is InChI=1S/C20H15F5N4O4/c1-32-9-14(10-4-5-15(12(22)7-10)33-20(23,24)25)28-19(31)13-8-16(30)29-18(27-13)17-11(21)3-2-6-26-17/h2-8,14H,9H2,1H3,(H,28,31)(H,27,29,30)/t14-/m1/s1. The van der Waals surface area contributed by atoms with E-state index in [-0.39, 0.29) is 23.7 Å². The molecule has 2 aromatic heterocycles. The number of alkyl halides is 3. The molecule has 0 radical (unpaired) electrons. The number of aromatic nitrogens is 3. The minimum atomic E-state index is -5.08. The summed E-state index contributed by atoms with van der Waals surface area (Å²) in [6.07, 6.45) is -3.82. The smallest absolute Gasteiger partial charge is 0.403 e. The summed E-state index contributed by atoms with van der Waals surface area (Å²) in [5, 5.41) is 2.44. The van der Waals surface area contributed by atoms with Crippen molar-refractivity contribution in [2.75, 3.05) is 13.7 Å². The summed E-state index contributed by atoms with van der Waals surface area (Å²) in [4.78, 5) is 34.6. The number of carbonyl (C=O) groups is 1. The molecule has 1 aromatic carbocycles. The summed E-state index contributed by atoms with van der Waals surface area (Å²) in [6.45, 7) is -0.199. The number of hydrogen-bond acceptors (Lipinski definition) is 6. The molecule has 0 aliphatic carbocycles. The summed E-state index contributed by atoms with van der Waals surface area (Å²) in [6, 6.07) is 4.83. The minimum Gasteiger partial charge on any atom is -0.403 e. The quantitative estimate of drug-likeness (QED) is 0.514. The molecule has 3 rings (SSSR count). The number of hydrogen-bond donors (Lipinski definition) is 2. The zero-order chi connectivity index (χ0) is 24.2. The molecule has 0 bridgehead atoms. The highest BCUT2D eigenvalue weighted by Crippen LogP contribution is 2.28. The molecule has 2 N–H and O–H groups in total. The van der Waals surface area contributed by atoms with Crippen molar-refractivity contribution in [3.63, 3.8) is 0 Å². The lowest BCUT2D eigenvalue weighted by Crippen LogP contribution is -2.33. The van der Waals surface area contributed by atoms with Gasteiger partial charge in [-0.25, -0.2) is 18.7 Å². The maximum atomic E-state index is 14.1. The summed E-state index contributed by atoms with van der Waals surface area (Å²) >= 11 is 0. The van der Waals surface area contributed by atoms with Crippen LogP contribution in [0.15, 0.2) is 47.4 Å². The number of halogens is 5. The Hall–Kier alpha value is -3.87. The van der Waals surface area contributed by atoms with Crippen LogP contribution in [-0.4, -0.2) is 40.9 Å². The van der Waals surface area contributed by atoms with Gasteiger partial charge in [-0.3, -0.25) is 9.59 Å². The lowest BCUT2D eigenvalue weighted by molar-refractivity contribution is -0.275. The van der Waals surface area contributed by atoms with Crippen molar-refractivity contribution in [1.29, 1.82) is 0 Å². The average molecular weight is 470 g/mol. The van der Waals surface area contributed by atoms with Crippen LogP contribution in [0.2, 0.25) is 0 Å². The van der Waals surface area contributed by atoms with Crippen LogP contribution < -0.4 is 15.6 Å². The molecule has 1 atom stereocenters. The fourth-order valence-corrected chi connectivity index (χ4v) is 2.81. The molecular formula is C20H15F5N4O4. The third-order valence-corrected chi connectivity index (χ3v) is 4.18. The van der Waals surface area contributed by atoms with E-state index in [4.69, 9.17) is 4.74 Å². The number of rotatable bonds is 7. The third-order valence-electron chi connectivity index (χ3n) is 4.18. The van der Waals surface area contributed by atoms with E-state index < -0.39 is 46.9 Å². The van der Waals surface area contributed by atoms with Crippen LogP contribution in [0.5, 0.6) is 5.75 Å². The average Bonchev–Trinajstić information content (AvgIpc) is 2.74. The van der Waals surface area contributed by atoms with Gasteiger partial charge in [0.15, 0.2) is 23.2 Å². The molecule has 3 aromatic rings. The Labute approximate surface area is 182 Å². The number of carbonyl (C=O) groups excluding carboxylic acids is 1. The van der Waals surface area contributed by atoms with E-state index in [0.29, 0.717) is 0 Å². The molecule has 0 unspecified atom stereocenters. The first-order valence-electron chi connectivity index (χ1n) is 9.14. The number of amides is 1. The fraction of sp³-hybridized carbons (Fsp3) is 0.200. The van der Waals surface area contributed by atoms with Gasteiger partial charge in [0.05, 0.1) is 12.6 Å². The Balaban J connectivity index is 1.88. The number of pyridine rings is 1. The zero-order valence-corrected chi connectivity index (χ0v) is 16.7. The summed E-state index contributed by atoms with van der Waals surface area (Å²) in [5.41, 5.74) is -1.41. The lowest BCUT2D eigenvalue weighted by atomic mass is 10.1. The lowest BCUT2D eigenvalue weighted by Gasteiger charge is -2.19. The van der Waals surface area contributed by atoms with E-state index in [1.54, 1.807) is 0 Å². The van der Waals surface area contributed by atoms with Crippen LogP contribution >= 0.6 is 0 Å². The molecule has 1 amide bonds. The molecule has 0 aliphatic heterocycles. The molecule has 174 valence electrons. The predicted octanol–water partition coefficient (Wildman–Crippen LogP) is 3.13. The molecule has 33 heavy (non-hydrogen) atoms. The second-order valence-electron chi connectivity index (χ2n) is 6.53. The first kappa shape index (κ1) is 23.8. The van der Waals surface area contributed by atoms with Gasteiger partial charge in [-0.15, -0.1) is 13.2 Å². The summed E-state index contributed by atoms with van der Waals surface area (Å²) < 4.78 is 73.7. The van der Waals surface area contributed by atoms with Gasteiger partial charge in [0.25, 0.3) is 11.5 Å². The number of aromatic amines is 1. The Morgan fingerprint density at radius 3 is 2.58 bits per heavy atom. The number of methoxy groups -OCH3 is 1. The number of ether oxygens (including phenoxy) is 2. The van der Waals surface area contributed by atoms with E-state index in [1.807, 2.05) is 0 Å². The highest BCUT2D eigenvalue weighted by molar-refractivity contribution is 5.92. The van der Waals surface area contributed by atoms with Crippen LogP contribution in [0.3, 0.4) is 0 Å². The Morgan fingerprint density at radius 2 is 1.94 bits per heavy atom. The van der Waals surface area contributed by atoms with Crippen molar-refractivity contribution in [2.45, 2.75) is 12.4 Å². The Morgan fingerprint density at radius 1 is 1.18 bits per heavy atom. The van der Waals surface area contributed by atoms with Gasteiger partial charge in [0.1, 0.15) is 11.4 Å². The van der Waals surface area contributed by atoms with Gasteiger partial charge < -0.3 is 19.8 Å². The largest absolute Gasteiger partial charge is 0.573 e. The molecule has 2 heterocycles. The monoisotopic (exact) mass is 470 g/mol. The number of benzene rings is 1. The fourth-order valence-electron chi connectivity index (χ4n) is 2.81. The molecule has 0 spiro atoms. The van der Waals surface area contributed by atoms with Gasteiger partial charge in [0, 0.05) is 19.4 Å². The number of nitrogens with one attached hydrogen (secondary N) is 2. The van der Waals surface area contributed by atoms with Gasteiger partial charge in [-0.2, -0.15) is 0 Å². The van der Waals surface area contributed by atoms with Crippen LogP contribution in [0.1, 0.15) is 22.1 Å². The number of nitrogens with zero attached hydrogens (tertiary/aromatic N) is 2. The summed E-state index contributed by atoms with van der Waals surface area (Å²) in [5.74, 6) is -4.35. The van der Waals surface area contributed by atoms with Gasteiger partial charge in [-0.05, 0) is 29.8 Å². The Kier molecular flexibility index (Phi) is 7.01. The first-order valence-corrected chi connectivity index (χ1v) is 9.14. The van der Waals surface area contributed by atoms with E-state index in [0.717, 1.165) is 30.3 Å². The van der Waals surface area contributed by atoms with Crippen molar-refractivity contribution in [1.82, 2.24) is 20.3 Å². The number of H-pyrrole nitrogens is 1. The van der Waals surface area contributed by atoms with E-state index in [2.05, 4.69) is 25.0 Å². The SMILES string of the molecule is COC[C@@H](NC(=O)c1cc(=O)[nH]c(-c2ncccc2F)n1)c1ccc(OC(F)(F)F)c(F)c1. The first-order chi connectivity index (χ1) is 15.6. The highest BCUT2D eigenvalue weighted by Gasteiger charge is 2.32. The van der Waals surface area contributed by atoms with Crippen LogP contribution in [0, 0.1) is 11.6 Å². The molecule has 0 fully saturated rings. The molecule has 13 heteroatoms. The maximum Gasteiger partial charge on any atom is 0.573 e. The topological polar surface area (TPSA) is 106 Å². The van der Waals surface area contributed by atoms with Crippen molar-refractivity contribution in [2.24, 2.45) is 0 Å². The van der Waals surface area contributed by atoms with E-state index in [9.17, 15) is 31.5 Å². The molecule has 0 saturated carbocycles. The second kappa shape index (κ2) is 9.73.